The van der Waals surface area contributed by atoms with Crippen LogP contribution in [0.25, 0.3) is 0 Å². The fourth-order valence-corrected chi connectivity index (χ4v) is 1.82. The lowest BCUT2D eigenvalue weighted by Gasteiger charge is -2.24. The van der Waals surface area contributed by atoms with Crippen LogP contribution in [0.5, 0.6) is 11.5 Å². The number of hydrogen-bond acceptors (Lipinski definition) is 5. The van der Waals surface area contributed by atoms with Gasteiger partial charge in [-0.25, -0.2) is 0 Å². The van der Waals surface area contributed by atoms with Crippen molar-refractivity contribution in [2.24, 2.45) is 0 Å². The molecule has 1 unspecified atom stereocenters. The molecule has 1 aromatic rings. The van der Waals surface area contributed by atoms with Crippen LogP contribution in [0.4, 0.5) is 0 Å². The van der Waals surface area contributed by atoms with Crippen LogP contribution in [0.1, 0.15) is 11.6 Å². The monoisotopic (exact) mass is 250 g/mol. The summed E-state index contributed by atoms with van der Waals surface area (Å²) in [4.78, 5) is 1.76. The number of nitriles is 1. The molecule has 0 radical (unpaired) electrons. The quantitative estimate of drug-likeness (QED) is 0.821. The molecular formula is C13H18N2O3. The van der Waals surface area contributed by atoms with E-state index in [2.05, 4.69) is 6.07 Å². The number of ether oxygens (including phenoxy) is 2. The summed E-state index contributed by atoms with van der Waals surface area (Å²) in [6, 6.07) is 7.14. The average molecular weight is 250 g/mol. The van der Waals surface area contributed by atoms with Gasteiger partial charge in [-0.15, -0.1) is 0 Å². The maximum atomic E-state index is 9.29. The number of methoxy groups -OCH3 is 2. The van der Waals surface area contributed by atoms with Gasteiger partial charge in [-0.05, 0) is 13.1 Å². The molecule has 0 saturated carbocycles. The summed E-state index contributed by atoms with van der Waals surface area (Å²) in [6.07, 6.45) is 0. The lowest BCUT2D eigenvalue weighted by atomic mass is 10.0. The summed E-state index contributed by atoms with van der Waals surface area (Å²) in [5, 5.41) is 18.2. The van der Waals surface area contributed by atoms with E-state index in [0.29, 0.717) is 18.0 Å². The first kappa shape index (κ1) is 14.3. The molecule has 1 aromatic carbocycles. The highest BCUT2D eigenvalue weighted by atomic mass is 16.5. The van der Waals surface area contributed by atoms with Gasteiger partial charge in [-0.2, -0.15) is 5.26 Å². The predicted molar refractivity (Wildman–Crippen MR) is 67.6 cm³/mol. The van der Waals surface area contributed by atoms with Crippen LogP contribution in [0.3, 0.4) is 0 Å². The van der Waals surface area contributed by atoms with E-state index in [1.807, 2.05) is 12.1 Å². The van der Waals surface area contributed by atoms with E-state index in [0.717, 1.165) is 5.56 Å². The third kappa shape index (κ3) is 2.92. The Balaban J connectivity index is 3.17. The van der Waals surface area contributed by atoms with Gasteiger partial charge in [0.05, 0.1) is 26.9 Å². The molecule has 18 heavy (non-hydrogen) atoms. The smallest absolute Gasteiger partial charge is 0.166 e. The maximum absolute atomic E-state index is 9.29. The number of aliphatic hydroxyl groups is 1. The molecule has 0 aliphatic heterocycles. The van der Waals surface area contributed by atoms with E-state index in [4.69, 9.17) is 14.6 Å². The van der Waals surface area contributed by atoms with Crippen molar-refractivity contribution in [3.05, 3.63) is 23.8 Å². The standard InChI is InChI=1S/C13H18N2O3/c1-15(7-8-16)11(9-14)10-5-4-6-12(17-2)13(10)18-3/h4-6,11,16H,7-8H2,1-3H3. The second kappa shape index (κ2) is 6.84. The molecule has 5 heteroatoms. The number of para-hydroxylation sites is 1. The van der Waals surface area contributed by atoms with Crippen molar-refractivity contribution < 1.29 is 14.6 Å². The lowest BCUT2D eigenvalue weighted by Crippen LogP contribution is -2.27. The highest BCUT2D eigenvalue weighted by Crippen LogP contribution is 2.36. The molecular weight excluding hydrogens is 232 g/mol. The van der Waals surface area contributed by atoms with Gasteiger partial charge in [0.15, 0.2) is 11.5 Å². The third-order valence-corrected chi connectivity index (χ3v) is 2.74. The Bertz CT molecular complexity index is 429. The van der Waals surface area contributed by atoms with Crippen molar-refractivity contribution in [3.8, 4) is 17.6 Å². The Labute approximate surface area is 107 Å². The van der Waals surface area contributed by atoms with E-state index in [1.165, 1.54) is 0 Å². The minimum absolute atomic E-state index is 0.000956. The van der Waals surface area contributed by atoms with Crippen LogP contribution in [0.15, 0.2) is 18.2 Å². The topological polar surface area (TPSA) is 65.7 Å². The van der Waals surface area contributed by atoms with Gasteiger partial charge in [-0.1, -0.05) is 12.1 Å². The van der Waals surface area contributed by atoms with Crippen LogP contribution in [-0.2, 0) is 0 Å². The SMILES string of the molecule is COc1cccc(C(C#N)N(C)CCO)c1OC. The van der Waals surface area contributed by atoms with Crippen LogP contribution >= 0.6 is 0 Å². The summed E-state index contributed by atoms with van der Waals surface area (Å²) in [5.74, 6) is 1.14. The molecule has 0 bridgehead atoms. The largest absolute Gasteiger partial charge is 0.493 e. The molecule has 0 heterocycles. The minimum atomic E-state index is -0.484. The normalized spacial score (nSPS) is 12.0. The second-order valence-electron chi connectivity index (χ2n) is 3.82. The fraction of sp³-hybridized carbons (Fsp3) is 0.462. The van der Waals surface area contributed by atoms with E-state index < -0.39 is 6.04 Å². The second-order valence-corrected chi connectivity index (χ2v) is 3.82. The van der Waals surface area contributed by atoms with Crippen LogP contribution < -0.4 is 9.47 Å². The van der Waals surface area contributed by atoms with Crippen LogP contribution in [0.2, 0.25) is 0 Å². The molecule has 5 nitrogen and oxygen atoms in total. The number of likely N-dealkylation sites (N-methyl/N-ethyl adjacent to an activating group) is 1. The first-order valence-corrected chi connectivity index (χ1v) is 5.61. The molecule has 0 fully saturated rings. The number of nitrogens with zero attached hydrogens (tertiary/aromatic N) is 2. The van der Waals surface area contributed by atoms with E-state index in [9.17, 15) is 5.26 Å². The van der Waals surface area contributed by atoms with Crippen molar-refractivity contribution in [2.75, 3.05) is 34.4 Å². The predicted octanol–water partition coefficient (Wildman–Crippen LogP) is 1.19. The van der Waals surface area contributed by atoms with Gasteiger partial charge < -0.3 is 14.6 Å². The molecule has 0 aliphatic carbocycles. The van der Waals surface area contributed by atoms with Gasteiger partial charge in [-0.3, -0.25) is 4.90 Å². The third-order valence-electron chi connectivity index (χ3n) is 2.74. The Morgan fingerprint density at radius 2 is 2.11 bits per heavy atom. The Kier molecular flexibility index (Phi) is 5.43. The van der Waals surface area contributed by atoms with Crippen molar-refractivity contribution in [1.29, 1.82) is 5.26 Å². The number of aliphatic hydroxyl groups excluding tert-OH is 1. The van der Waals surface area contributed by atoms with Gasteiger partial charge in [0, 0.05) is 12.1 Å². The molecule has 0 aliphatic rings. The molecule has 1 rings (SSSR count). The summed E-state index contributed by atoms with van der Waals surface area (Å²) in [6.45, 7) is 0.416. The Hall–Kier alpha value is -1.77. The van der Waals surface area contributed by atoms with Crippen molar-refractivity contribution in [3.63, 3.8) is 0 Å². The fourth-order valence-electron chi connectivity index (χ4n) is 1.82. The average Bonchev–Trinajstić information content (AvgIpc) is 2.39. The lowest BCUT2D eigenvalue weighted by molar-refractivity contribution is 0.200. The summed E-state index contributed by atoms with van der Waals surface area (Å²) in [5.41, 5.74) is 0.732. The first-order valence-electron chi connectivity index (χ1n) is 5.61. The summed E-state index contributed by atoms with van der Waals surface area (Å²) >= 11 is 0. The molecule has 0 amide bonds. The number of benzene rings is 1. The van der Waals surface area contributed by atoms with Crippen LogP contribution in [0, 0.1) is 11.3 Å². The van der Waals surface area contributed by atoms with Crippen LogP contribution in [-0.4, -0.2) is 44.4 Å². The first-order chi connectivity index (χ1) is 8.69. The van der Waals surface area contributed by atoms with Gasteiger partial charge >= 0.3 is 0 Å². The molecule has 1 atom stereocenters. The molecule has 0 spiro atoms. The maximum Gasteiger partial charge on any atom is 0.166 e. The molecule has 98 valence electrons. The van der Waals surface area contributed by atoms with E-state index in [-0.39, 0.29) is 6.61 Å². The number of hydrogen-bond donors (Lipinski definition) is 1. The highest BCUT2D eigenvalue weighted by molar-refractivity contribution is 5.49. The van der Waals surface area contributed by atoms with Crippen molar-refractivity contribution >= 4 is 0 Å². The molecule has 0 aromatic heterocycles. The minimum Gasteiger partial charge on any atom is -0.493 e. The van der Waals surface area contributed by atoms with Crippen molar-refractivity contribution in [2.45, 2.75) is 6.04 Å². The van der Waals surface area contributed by atoms with Gasteiger partial charge in [0.25, 0.3) is 0 Å². The van der Waals surface area contributed by atoms with E-state index >= 15 is 0 Å². The van der Waals surface area contributed by atoms with Crippen molar-refractivity contribution in [1.82, 2.24) is 4.90 Å². The highest BCUT2D eigenvalue weighted by Gasteiger charge is 2.22. The number of rotatable bonds is 6. The zero-order valence-corrected chi connectivity index (χ0v) is 10.9. The summed E-state index contributed by atoms with van der Waals surface area (Å²) in [7, 11) is 4.88. The molecule has 1 N–H and O–H groups in total. The Morgan fingerprint density at radius 3 is 2.61 bits per heavy atom. The molecule has 0 saturated heterocycles. The Morgan fingerprint density at radius 1 is 1.39 bits per heavy atom. The van der Waals surface area contributed by atoms with Gasteiger partial charge in [0.2, 0.25) is 0 Å². The van der Waals surface area contributed by atoms with Gasteiger partial charge in [0.1, 0.15) is 6.04 Å². The summed E-state index contributed by atoms with van der Waals surface area (Å²) < 4.78 is 10.5. The van der Waals surface area contributed by atoms with E-state index in [1.54, 1.807) is 32.2 Å². The zero-order chi connectivity index (χ0) is 13.5. The zero-order valence-electron chi connectivity index (χ0n) is 10.9.